The summed E-state index contributed by atoms with van der Waals surface area (Å²) in [6.45, 7) is 3.54. The fourth-order valence-corrected chi connectivity index (χ4v) is 0.779. The fourth-order valence-electron chi connectivity index (χ4n) is 0.779. The molecule has 0 heterocycles. The highest BCUT2D eigenvalue weighted by atomic mass is 35.5. The molecule has 0 saturated heterocycles. The van der Waals surface area contributed by atoms with Crippen molar-refractivity contribution in [1.29, 1.82) is 0 Å². The van der Waals surface area contributed by atoms with Crippen molar-refractivity contribution < 1.29 is 28.5 Å². The lowest BCUT2D eigenvalue weighted by atomic mass is 10.6. The molecular formula is C12H27ClN2O6. The van der Waals surface area contributed by atoms with Crippen LogP contribution in [0.4, 0.5) is 0 Å². The minimum Gasteiger partial charge on any atom is -0.355 e. The van der Waals surface area contributed by atoms with Crippen molar-refractivity contribution in [3.05, 3.63) is 0 Å². The topological polar surface area (TPSA) is 109 Å². The van der Waals surface area contributed by atoms with Gasteiger partial charge in [0.2, 0.25) is 11.1 Å². The number of ether oxygens (including phenoxy) is 4. The van der Waals surface area contributed by atoms with Crippen LogP contribution in [0.5, 0.6) is 0 Å². The highest BCUT2D eigenvalue weighted by Gasteiger charge is 2.03. The van der Waals surface area contributed by atoms with Crippen LogP contribution in [0.3, 0.4) is 0 Å². The molecule has 1 amide bonds. The van der Waals surface area contributed by atoms with Gasteiger partial charge in [-0.2, -0.15) is 0 Å². The number of nitrogens with one attached hydrogen (secondary N) is 1. The number of methoxy groups -OCH3 is 4. The average Bonchev–Trinajstić information content (AvgIpc) is 2.41. The molecule has 0 atom stereocenters. The molecule has 0 aliphatic carbocycles. The van der Waals surface area contributed by atoms with Crippen LogP contribution in [-0.2, 0) is 28.5 Å². The summed E-state index contributed by atoms with van der Waals surface area (Å²) in [5.41, 5.74) is 5.14. The first kappa shape index (κ1) is 25.2. The summed E-state index contributed by atoms with van der Waals surface area (Å²) in [6.07, 6.45) is -0.580. The Morgan fingerprint density at radius 2 is 1.33 bits per heavy atom. The molecule has 128 valence electrons. The van der Waals surface area contributed by atoms with Crippen molar-refractivity contribution in [2.75, 3.05) is 41.5 Å². The Morgan fingerprint density at radius 3 is 1.48 bits per heavy atom. The maximum Gasteiger partial charge on any atom is 0.218 e. The van der Waals surface area contributed by atoms with Crippen molar-refractivity contribution in [2.24, 2.45) is 5.73 Å². The lowest BCUT2D eigenvalue weighted by Gasteiger charge is -2.12. The second kappa shape index (κ2) is 19.2. The predicted octanol–water partition coefficient (Wildman–Crippen LogP) is 0.0771. The van der Waals surface area contributed by atoms with Gasteiger partial charge in [-0.25, -0.2) is 0 Å². The highest BCUT2D eigenvalue weighted by Crippen LogP contribution is 1.86. The van der Waals surface area contributed by atoms with E-state index in [1.807, 2.05) is 0 Å². The molecule has 0 bridgehead atoms. The minimum absolute atomic E-state index is 0.0842. The number of halogens is 1. The summed E-state index contributed by atoms with van der Waals surface area (Å²) >= 11 is 4.64. The van der Waals surface area contributed by atoms with Crippen LogP contribution in [0.15, 0.2) is 0 Å². The molecule has 0 aromatic carbocycles. The van der Waals surface area contributed by atoms with E-state index in [0.717, 1.165) is 0 Å². The smallest absolute Gasteiger partial charge is 0.218 e. The normalized spacial score (nSPS) is 9.43. The van der Waals surface area contributed by atoms with Crippen molar-refractivity contribution >= 4 is 22.8 Å². The fraction of sp³-hybridized carbons (Fsp3) is 0.833. The van der Waals surface area contributed by atoms with E-state index in [4.69, 9.17) is 24.7 Å². The Morgan fingerprint density at radius 1 is 1.00 bits per heavy atom. The van der Waals surface area contributed by atoms with E-state index < -0.39 is 0 Å². The Kier molecular flexibility index (Phi) is 23.1. The highest BCUT2D eigenvalue weighted by molar-refractivity contribution is 6.62. The molecule has 0 aromatic rings. The van der Waals surface area contributed by atoms with Crippen molar-refractivity contribution in [1.82, 2.24) is 5.32 Å². The third-order valence-corrected chi connectivity index (χ3v) is 1.76. The standard InChI is InChI=1S/C6H13NO3.C4H11NO2.C2H3ClO/c1-5(8)7-4-6(9-2)10-3;1-6-4(3-5)7-2;1-2(3)4/h6H,4H2,1-3H3,(H,7,8);4H,3,5H2,1-2H3;1H3. The van der Waals surface area contributed by atoms with Gasteiger partial charge in [0, 0.05) is 48.8 Å². The Hall–Kier alpha value is -0.770. The SMILES string of the molecule is CC(=O)Cl.COC(CN)OC.COC(CNC(C)=O)OC. The first-order chi connectivity index (χ1) is 9.78. The van der Waals surface area contributed by atoms with E-state index in [9.17, 15) is 9.59 Å². The van der Waals surface area contributed by atoms with Gasteiger partial charge in [-0.3, -0.25) is 9.59 Å². The third-order valence-electron chi connectivity index (χ3n) is 1.76. The molecule has 9 heteroatoms. The maximum atomic E-state index is 10.4. The second-order valence-corrected chi connectivity index (χ2v) is 3.98. The largest absolute Gasteiger partial charge is 0.355 e. The van der Waals surface area contributed by atoms with Gasteiger partial charge in [0.1, 0.15) is 0 Å². The molecular weight excluding hydrogens is 304 g/mol. The molecule has 0 fully saturated rings. The first-order valence-corrected chi connectivity index (χ1v) is 6.38. The molecule has 0 spiro atoms. The van der Waals surface area contributed by atoms with Gasteiger partial charge in [0.25, 0.3) is 0 Å². The number of nitrogens with two attached hydrogens (primary N) is 1. The van der Waals surface area contributed by atoms with Crippen LogP contribution >= 0.6 is 11.6 Å². The Bertz CT molecular complexity index is 238. The van der Waals surface area contributed by atoms with Crippen LogP contribution in [-0.4, -0.2) is 65.3 Å². The molecule has 0 aromatic heterocycles. The molecule has 0 unspecified atom stereocenters. The van der Waals surface area contributed by atoms with E-state index in [-0.39, 0.29) is 23.7 Å². The zero-order valence-corrected chi connectivity index (χ0v) is 14.2. The number of amides is 1. The van der Waals surface area contributed by atoms with Crippen LogP contribution in [0.25, 0.3) is 0 Å². The van der Waals surface area contributed by atoms with Gasteiger partial charge in [-0.1, -0.05) is 0 Å². The van der Waals surface area contributed by atoms with E-state index in [1.165, 1.54) is 28.1 Å². The van der Waals surface area contributed by atoms with Gasteiger partial charge in [0.15, 0.2) is 12.6 Å². The minimum atomic E-state index is -0.361. The van der Waals surface area contributed by atoms with E-state index in [1.54, 1.807) is 14.2 Å². The number of rotatable bonds is 7. The van der Waals surface area contributed by atoms with Crippen LogP contribution in [0.2, 0.25) is 0 Å². The van der Waals surface area contributed by atoms with Gasteiger partial charge in [-0.15, -0.1) is 0 Å². The van der Waals surface area contributed by atoms with Gasteiger partial charge >= 0.3 is 0 Å². The predicted molar refractivity (Wildman–Crippen MR) is 79.9 cm³/mol. The summed E-state index contributed by atoms with van der Waals surface area (Å²) in [5.74, 6) is -0.0842. The summed E-state index contributed by atoms with van der Waals surface area (Å²) in [7, 11) is 6.16. The van der Waals surface area contributed by atoms with Crippen LogP contribution < -0.4 is 11.1 Å². The zero-order valence-electron chi connectivity index (χ0n) is 13.5. The summed E-state index contributed by atoms with van der Waals surface area (Å²) in [6, 6.07) is 0. The molecule has 8 nitrogen and oxygen atoms in total. The van der Waals surface area contributed by atoms with E-state index >= 15 is 0 Å². The molecule has 21 heavy (non-hydrogen) atoms. The van der Waals surface area contributed by atoms with Crippen LogP contribution in [0, 0.1) is 0 Å². The number of hydrogen-bond acceptors (Lipinski definition) is 7. The number of carbonyl (C=O) groups excluding carboxylic acids is 2. The molecule has 0 saturated carbocycles. The zero-order chi connectivity index (χ0) is 17.3. The lowest BCUT2D eigenvalue weighted by Crippen LogP contribution is -2.32. The van der Waals surface area contributed by atoms with E-state index in [2.05, 4.69) is 16.9 Å². The Balaban J connectivity index is -0.000000256. The number of carbonyl (C=O) groups is 2. The molecule has 0 rings (SSSR count). The summed E-state index contributed by atoms with van der Waals surface area (Å²) < 4.78 is 19.0. The van der Waals surface area contributed by atoms with Gasteiger partial charge in [0.05, 0.1) is 6.54 Å². The average molecular weight is 331 g/mol. The quantitative estimate of drug-likeness (QED) is 0.502. The first-order valence-electron chi connectivity index (χ1n) is 6.00. The molecule has 3 N–H and O–H groups in total. The van der Waals surface area contributed by atoms with Crippen molar-refractivity contribution in [3.63, 3.8) is 0 Å². The van der Waals surface area contributed by atoms with Gasteiger partial charge < -0.3 is 30.0 Å². The molecule has 0 radical (unpaired) electrons. The lowest BCUT2D eigenvalue weighted by molar-refractivity contribution is -0.125. The monoisotopic (exact) mass is 330 g/mol. The van der Waals surface area contributed by atoms with Crippen LogP contribution in [0.1, 0.15) is 13.8 Å². The van der Waals surface area contributed by atoms with Gasteiger partial charge in [-0.05, 0) is 11.6 Å². The van der Waals surface area contributed by atoms with Crippen molar-refractivity contribution in [2.45, 2.75) is 26.4 Å². The Labute approximate surface area is 131 Å². The second-order valence-electron chi connectivity index (χ2n) is 3.44. The number of hydrogen-bond donors (Lipinski definition) is 2. The molecule has 0 aliphatic heterocycles. The third kappa shape index (κ3) is 28.2. The summed E-state index contributed by atoms with van der Waals surface area (Å²) in [4.78, 5) is 19.6. The maximum absolute atomic E-state index is 10.4. The molecule has 0 aliphatic rings. The summed E-state index contributed by atoms with van der Waals surface area (Å²) in [5, 5.41) is 2.20. The van der Waals surface area contributed by atoms with E-state index in [0.29, 0.717) is 13.1 Å². The van der Waals surface area contributed by atoms with Crippen molar-refractivity contribution in [3.8, 4) is 0 Å².